The molecule has 0 atom stereocenters. The summed E-state index contributed by atoms with van der Waals surface area (Å²) in [5, 5.41) is 8.32. The maximum Gasteiger partial charge on any atom is 0.204 e. The number of para-hydroxylation sites is 2. The van der Waals surface area contributed by atoms with Gasteiger partial charge in [0.2, 0.25) is 5.65 Å². The predicted molar refractivity (Wildman–Crippen MR) is 81.0 cm³/mol. The van der Waals surface area contributed by atoms with Crippen LogP contribution in [0.25, 0.3) is 16.7 Å². The highest BCUT2D eigenvalue weighted by Crippen LogP contribution is 2.25. The Morgan fingerprint density at radius 3 is 2.45 bits per heavy atom. The molecule has 0 aliphatic rings. The van der Waals surface area contributed by atoms with E-state index in [9.17, 15) is 0 Å². The summed E-state index contributed by atoms with van der Waals surface area (Å²) in [5.41, 5.74) is 2.80. The average Bonchev–Trinajstić information content (AvgIpc) is 2.87. The monoisotopic (exact) mass is 269 g/mol. The fourth-order valence-electron chi connectivity index (χ4n) is 2.75. The molecule has 0 fully saturated rings. The lowest BCUT2D eigenvalue weighted by Crippen LogP contribution is -2.38. The Morgan fingerprint density at radius 2 is 1.75 bits per heavy atom. The Morgan fingerprint density at radius 1 is 1.05 bits per heavy atom. The average molecular weight is 269 g/mol. The molecule has 0 aliphatic heterocycles. The number of anilines is 1. The zero-order chi connectivity index (χ0) is 14.3. The number of benzene rings is 1. The molecule has 2 aromatic heterocycles. The lowest BCUT2D eigenvalue weighted by atomic mass is 10.2. The van der Waals surface area contributed by atoms with Crippen LogP contribution in [0.1, 0.15) is 27.7 Å². The molecule has 3 aromatic rings. The van der Waals surface area contributed by atoms with Gasteiger partial charge in [0.1, 0.15) is 6.33 Å². The van der Waals surface area contributed by atoms with E-state index in [1.807, 2.05) is 28.7 Å². The van der Waals surface area contributed by atoms with Gasteiger partial charge in [0.25, 0.3) is 0 Å². The first-order chi connectivity index (χ1) is 9.59. The number of rotatable bonds is 3. The molecule has 1 aromatic carbocycles. The molecule has 0 bridgehead atoms. The molecule has 0 N–H and O–H groups in total. The Hall–Kier alpha value is -2.17. The van der Waals surface area contributed by atoms with Gasteiger partial charge in [-0.3, -0.25) is 4.40 Å². The van der Waals surface area contributed by atoms with Gasteiger partial charge in [-0.05, 0) is 39.8 Å². The Labute approximate surface area is 118 Å². The van der Waals surface area contributed by atoms with E-state index in [0.717, 1.165) is 22.5 Å². The minimum atomic E-state index is 0.351. The van der Waals surface area contributed by atoms with E-state index in [-0.39, 0.29) is 0 Å². The van der Waals surface area contributed by atoms with Crippen LogP contribution < -0.4 is 4.90 Å². The Balaban J connectivity index is 2.35. The van der Waals surface area contributed by atoms with Gasteiger partial charge >= 0.3 is 0 Å². The van der Waals surface area contributed by atoms with E-state index in [1.54, 1.807) is 6.33 Å². The van der Waals surface area contributed by atoms with Gasteiger partial charge in [0.05, 0.1) is 11.0 Å². The number of hydrogen-bond donors (Lipinski definition) is 0. The van der Waals surface area contributed by atoms with Crippen LogP contribution in [0.2, 0.25) is 0 Å². The van der Waals surface area contributed by atoms with Crippen LogP contribution in [-0.2, 0) is 0 Å². The molecule has 0 saturated carbocycles. The molecule has 0 aliphatic carbocycles. The summed E-state index contributed by atoms with van der Waals surface area (Å²) in [6.07, 6.45) is 1.75. The van der Waals surface area contributed by atoms with Crippen LogP contribution in [0.3, 0.4) is 0 Å². The third-order valence-corrected chi connectivity index (χ3v) is 3.47. The lowest BCUT2D eigenvalue weighted by molar-refractivity contribution is 0.602. The fourth-order valence-corrected chi connectivity index (χ4v) is 2.75. The van der Waals surface area contributed by atoms with Crippen LogP contribution in [0, 0.1) is 0 Å². The highest BCUT2D eigenvalue weighted by molar-refractivity contribution is 5.83. The molecule has 5 heteroatoms. The summed E-state index contributed by atoms with van der Waals surface area (Å²) in [4.78, 5) is 7.10. The van der Waals surface area contributed by atoms with Crippen molar-refractivity contribution >= 4 is 22.5 Å². The van der Waals surface area contributed by atoms with Crippen molar-refractivity contribution in [2.75, 3.05) is 4.90 Å². The highest BCUT2D eigenvalue weighted by Gasteiger charge is 2.21. The number of hydrogen-bond acceptors (Lipinski definition) is 4. The maximum atomic E-state index is 4.82. The van der Waals surface area contributed by atoms with Gasteiger partial charge in [0, 0.05) is 12.1 Å². The van der Waals surface area contributed by atoms with E-state index in [4.69, 9.17) is 4.98 Å². The van der Waals surface area contributed by atoms with Crippen molar-refractivity contribution in [1.29, 1.82) is 0 Å². The van der Waals surface area contributed by atoms with Crippen molar-refractivity contribution in [2.45, 2.75) is 39.8 Å². The van der Waals surface area contributed by atoms with Crippen molar-refractivity contribution in [3.8, 4) is 0 Å². The van der Waals surface area contributed by atoms with Crippen molar-refractivity contribution in [2.24, 2.45) is 0 Å². The smallest absolute Gasteiger partial charge is 0.204 e. The molecule has 5 nitrogen and oxygen atoms in total. The third-order valence-electron chi connectivity index (χ3n) is 3.47. The summed E-state index contributed by atoms with van der Waals surface area (Å²) < 4.78 is 2.01. The van der Waals surface area contributed by atoms with Crippen molar-refractivity contribution < 1.29 is 0 Å². The predicted octanol–water partition coefficient (Wildman–Crippen LogP) is 2.90. The summed E-state index contributed by atoms with van der Waals surface area (Å²) >= 11 is 0. The SMILES string of the molecule is CC(C)N(c1nc2ccccc2n2cnnc12)C(C)C. The van der Waals surface area contributed by atoms with Gasteiger partial charge in [-0.2, -0.15) is 0 Å². The fraction of sp³-hybridized carbons (Fsp3) is 0.400. The van der Waals surface area contributed by atoms with Gasteiger partial charge in [0.15, 0.2) is 5.82 Å². The first-order valence-electron chi connectivity index (χ1n) is 6.96. The summed E-state index contributed by atoms with van der Waals surface area (Å²) in [6.45, 7) is 8.68. The van der Waals surface area contributed by atoms with Crippen LogP contribution >= 0.6 is 0 Å². The van der Waals surface area contributed by atoms with E-state index < -0.39 is 0 Å². The molecule has 104 valence electrons. The second-order valence-corrected chi connectivity index (χ2v) is 5.54. The Kier molecular flexibility index (Phi) is 3.04. The molecule has 0 saturated heterocycles. The second kappa shape index (κ2) is 4.74. The summed E-state index contributed by atoms with van der Waals surface area (Å²) in [7, 11) is 0. The molecular weight excluding hydrogens is 250 g/mol. The molecule has 0 unspecified atom stereocenters. The van der Waals surface area contributed by atoms with Gasteiger partial charge in [-0.25, -0.2) is 4.98 Å². The minimum Gasteiger partial charge on any atom is -0.349 e. The highest BCUT2D eigenvalue weighted by atomic mass is 15.3. The van der Waals surface area contributed by atoms with Crippen LogP contribution in [-0.4, -0.2) is 31.7 Å². The van der Waals surface area contributed by atoms with Crippen molar-refractivity contribution in [3.63, 3.8) is 0 Å². The summed E-state index contributed by atoms with van der Waals surface area (Å²) in [5.74, 6) is 0.895. The first kappa shape index (κ1) is 12.8. The molecule has 0 spiro atoms. The van der Waals surface area contributed by atoms with Crippen molar-refractivity contribution in [1.82, 2.24) is 19.6 Å². The standard InChI is InChI=1S/C15H19N5/c1-10(2)20(11(3)4)14-15-18-16-9-19(15)13-8-6-5-7-12(13)17-14/h5-11H,1-4H3. The molecule has 20 heavy (non-hydrogen) atoms. The van der Waals surface area contributed by atoms with Crippen molar-refractivity contribution in [3.05, 3.63) is 30.6 Å². The van der Waals surface area contributed by atoms with Crippen LogP contribution in [0.4, 0.5) is 5.82 Å². The van der Waals surface area contributed by atoms with Crippen LogP contribution in [0.15, 0.2) is 30.6 Å². The zero-order valence-corrected chi connectivity index (χ0v) is 12.3. The molecule has 0 radical (unpaired) electrons. The largest absolute Gasteiger partial charge is 0.349 e. The molecule has 2 heterocycles. The number of fused-ring (bicyclic) bond motifs is 3. The van der Waals surface area contributed by atoms with E-state index in [1.165, 1.54) is 0 Å². The van der Waals surface area contributed by atoms with E-state index in [2.05, 4.69) is 42.8 Å². The second-order valence-electron chi connectivity index (χ2n) is 5.54. The maximum absolute atomic E-state index is 4.82. The zero-order valence-electron chi connectivity index (χ0n) is 12.3. The van der Waals surface area contributed by atoms with Gasteiger partial charge in [-0.1, -0.05) is 12.1 Å². The minimum absolute atomic E-state index is 0.351. The summed E-state index contributed by atoms with van der Waals surface area (Å²) in [6, 6.07) is 8.78. The third kappa shape index (κ3) is 1.90. The van der Waals surface area contributed by atoms with Gasteiger partial charge in [-0.15, -0.1) is 10.2 Å². The number of nitrogens with zero attached hydrogens (tertiary/aromatic N) is 5. The van der Waals surface area contributed by atoms with Gasteiger partial charge < -0.3 is 4.90 Å². The molecule has 0 amide bonds. The topological polar surface area (TPSA) is 46.3 Å². The normalized spacial score (nSPS) is 11.9. The van der Waals surface area contributed by atoms with E-state index in [0.29, 0.717) is 12.1 Å². The first-order valence-corrected chi connectivity index (χ1v) is 6.96. The lowest BCUT2D eigenvalue weighted by Gasteiger charge is -2.32. The quantitative estimate of drug-likeness (QED) is 0.733. The Bertz CT molecular complexity index is 736. The van der Waals surface area contributed by atoms with E-state index >= 15 is 0 Å². The molecule has 3 rings (SSSR count). The number of aromatic nitrogens is 4. The van der Waals surface area contributed by atoms with Crippen LogP contribution in [0.5, 0.6) is 0 Å². The molecular formula is C15H19N5.